The molecular weight excluding hydrogens is 192 g/mol. The van der Waals surface area contributed by atoms with Crippen LogP contribution in [0.2, 0.25) is 0 Å². The van der Waals surface area contributed by atoms with Crippen LogP contribution in [-0.4, -0.2) is 0 Å². The second-order valence-corrected chi connectivity index (χ2v) is 4.85. The summed E-state index contributed by atoms with van der Waals surface area (Å²) < 4.78 is 0. The quantitative estimate of drug-likeness (QED) is 0.603. The standard InChI is InChI=1S/C16H16/c1-11-6-8-15-13(10-11)7-9-14-12(2)4-3-5-16(14)15/h3-9,11H,10H2,1-2H3. The molecule has 80 valence electrons. The van der Waals surface area contributed by atoms with Crippen LogP contribution in [0.25, 0.3) is 16.8 Å². The Bertz CT molecular complexity index is 576. The van der Waals surface area contributed by atoms with Crippen LogP contribution in [0.5, 0.6) is 0 Å². The van der Waals surface area contributed by atoms with Crippen molar-refractivity contribution in [3.05, 3.63) is 53.1 Å². The van der Waals surface area contributed by atoms with E-state index < -0.39 is 0 Å². The lowest BCUT2D eigenvalue weighted by molar-refractivity contribution is 0.718. The molecule has 0 aliphatic heterocycles. The Morgan fingerprint density at radius 2 is 1.94 bits per heavy atom. The van der Waals surface area contributed by atoms with Crippen LogP contribution in [0.4, 0.5) is 0 Å². The van der Waals surface area contributed by atoms with Crippen molar-refractivity contribution in [3.8, 4) is 0 Å². The minimum atomic E-state index is 0.676. The van der Waals surface area contributed by atoms with Crippen molar-refractivity contribution >= 4 is 16.8 Å². The molecular formula is C16H16. The number of rotatable bonds is 0. The van der Waals surface area contributed by atoms with E-state index >= 15 is 0 Å². The minimum Gasteiger partial charge on any atom is -0.0807 e. The van der Waals surface area contributed by atoms with Gasteiger partial charge < -0.3 is 0 Å². The number of fused-ring (bicyclic) bond motifs is 3. The van der Waals surface area contributed by atoms with Crippen LogP contribution in [-0.2, 0) is 6.42 Å². The largest absolute Gasteiger partial charge is 0.0807 e. The molecule has 0 saturated heterocycles. The highest BCUT2D eigenvalue weighted by Gasteiger charge is 2.12. The van der Waals surface area contributed by atoms with E-state index in [4.69, 9.17) is 0 Å². The van der Waals surface area contributed by atoms with Gasteiger partial charge in [0.05, 0.1) is 0 Å². The van der Waals surface area contributed by atoms with Gasteiger partial charge in [-0.25, -0.2) is 0 Å². The maximum atomic E-state index is 2.32. The molecule has 0 fully saturated rings. The van der Waals surface area contributed by atoms with Gasteiger partial charge in [0.1, 0.15) is 0 Å². The Kier molecular flexibility index (Phi) is 2.10. The Morgan fingerprint density at radius 3 is 2.81 bits per heavy atom. The van der Waals surface area contributed by atoms with Gasteiger partial charge in [0.25, 0.3) is 0 Å². The van der Waals surface area contributed by atoms with Crippen LogP contribution in [0.15, 0.2) is 36.4 Å². The molecule has 1 unspecified atom stereocenters. The summed E-state index contributed by atoms with van der Waals surface area (Å²) in [4.78, 5) is 0. The van der Waals surface area contributed by atoms with Crippen LogP contribution >= 0.6 is 0 Å². The van der Waals surface area contributed by atoms with E-state index in [1.807, 2.05) is 0 Å². The third kappa shape index (κ3) is 1.37. The van der Waals surface area contributed by atoms with Crippen molar-refractivity contribution in [2.24, 2.45) is 5.92 Å². The Balaban J connectivity index is 2.35. The molecule has 3 rings (SSSR count). The summed E-state index contributed by atoms with van der Waals surface area (Å²) in [6.07, 6.45) is 5.80. The van der Waals surface area contributed by atoms with Crippen molar-refractivity contribution in [1.29, 1.82) is 0 Å². The van der Waals surface area contributed by atoms with E-state index in [9.17, 15) is 0 Å². The number of hydrogen-bond acceptors (Lipinski definition) is 0. The SMILES string of the molecule is Cc1cccc2c3c(ccc12)CC(C)C=C3. The topological polar surface area (TPSA) is 0 Å². The predicted molar refractivity (Wildman–Crippen MR) is 70.6 cm³/mol. The molecule has 0 amide bonds. The Hall–Kier alpha value is -1.56. The van der Waals surface area contributed by atoms with E-state index in [0.717, 1.165) is 0 Å². The minimum absolute atomic E-state index is 0.676. The second-order valence-electron chi connectivity index (χ2n) is 4.85. The first-order chi connectivity index (χ1) is 7.75. The van der Waals surface area contributed by atoms with Crippen molar-refractivity contribution < 1.29 is 0 Å². The van der Waals surface area contributed by atoms with Gasteiger partial charge in [0.15, 0.2) is 0 Å². The van der Waals surface area contributed by atoms with Crippen molar-refractivity contribution in [2.75, 3.05) is 0 Å². The monoisotopic (exact) mass is 208 g/mol. The van der Waals surface area contributed by atoms with E-state index in [0.29, 0.717) is 5.92 Å². The zero-order chi connectivity index (χ0) is 11.1. The molecule has 0 N–H and O–H groups in total. The second kappa shape index (κ2) is 3.48. The number of aryl methyl sites for hydroxylation is 1. The van der Waals surface area contributed by atoms with Gasteiger partial charge >= 0.3 is 0 Å². The molecule has 0 spiro atoms. The molecule has 0 bridgehead atoms. The maximum absolute atomic E-state index is 2.32. The Morgan fingerprint density at radius 1 is 1.06 bits per heavy atom. The fourth-order valence-electron chi connectivity index (χ4n) is 2.63. The van der Waals surface area contributed by atoms with Gasteiger partial charge in [-0.05, 0) is 46.7 Å². The summed E-state index contributed by atoms with van der Waals surface area (Å²) in [7, 11) is 0. The van der Waals surface area contributed by atoms with Gasteiger partial charge in [-0.3, -0.25) is 0 Å². The van der Waals surface area contributed by atoms with Crippen LogP contribution in [0, 0.1) is 12.8 Å². The molecule has 1 aliphatic rings. The van der Waals surface area contributed by atoms with Gasteiger partial charge in [0.2, 0.25) is 0 Å². The third-order valence-corrected chi connectivity index (χ3v) is 3.54. The fraction of sp³-hybridized carbons (Fsp3) is 0.250. The molecule has 2 aromatic carbocycles. The molecule has 0 aromatic heterocycles. The highest BCUT2D eigenvalue weighted by molar-refractivity contribution is 5.94. The van der Waals surface area contributed by atoms with Gasteiger partial charge in [-0.1, -0.05) is 49.4 Å². The summed E-state index contributed by atoms with van der Waals surface area (Å²) in [5.41, 5.74) is 4.29. The molecule has 2 aromatic rings. The van der Waals surface area contributed by atoms with E-state index in [2.05, 4.69) is 56.3 Å². The summed E-state index contributed by atoms with van der Waals surface area (Å²) in [6.45, 7) is 4.46. The van der Waals surface area contributed by atoms with E-state index in [1.165, 1.54) is 33.9 Å². The summed E-state index contributed by atoms with van der Waals surface area (Å²) >= 11 is 0. The molecule has 1 atom stereocenters. The fourth-order valence-corrected chi connectivity index (χ4v) is 2.63. The summed E-state index contributed by atoms with van der Waals surface area (Å²) in [5, 5.41) is 2.79. The highest BCUT2D eigenvalue weighted by Crippen LogP contribution is 2.30. The lowest BCUT2D eigenvalue weighted by Gasteiger charge is -2.18. The summed E-state index contributed by atoms with van der Waals surface area (Å²) in [5.74, 6) is 0.676. The zero-order valence-corrected chi connectivity index (χ0v) is 9.83. The van der Waals surface area contributed by atoms with Gasteiger partial charge in [0, 0.05) is 0 Å². The first kappa shape index (κ1) is 9.65. The number of allylic oxidation sites excluding steroid dienone is 1. The average Bonchev–Trinajstić information content (AvgIpc) is 2.28. The van der Waals surface area contributed by atoms with E-state index in [-0.39, 0.29) is 0 Å². The lowest BCUT2D eigenvalue weighted by Crippen LogP contribution is -2.03. The molecule has 0 saturated carbocycles. The van der Waals surface area contributed by atoms with E-state index in [1.54, 1.807) is 0 Å². The first-order valence-electron chi connectivity index (χ1n) is 5.95. The highest BCUT2D eigenvalue weighted by atomic mass is 14.2. The molecule has 16 heavy (non-hydrogen) atoms. The zero-order valence-electron chi connectivity index (χ0n) is 9.83. The van der Waals surface area contributed by atoms with Crippen LogP contribution in [0.3, 0.4) is 0 Å². The molecule has 0 heteroatoms. The first-order valence-corrected chi connectivity index (χ1v) is 5.95. The number of hydrogen-bond donors (Lipinski definition) is 0. The van der Waals surface area contributed by atoms with Crippen molar-refractivity contribution in [1.82, 2.24) is 0 Å². The third-order valence-electron chi connectivity index (χ3n) is 3.54. The smallest absolute Gasteiger partial charge is 0.0106 e. The average molecular weight is 208 g/mol. The number of benzene rings is 2. The predicted octanol–water partition coefficient (Wildman–Crippen LogP) is 4.35. The van der Waals surface area contributed by atoms with Gasteiger partial charge in [-0.15, -0.1) is 0 Å². The van der Waals surface area contributed by atoms with Crippen LogP contribution < -0.4 is 0 Å². The maximum Gasteiger partial charge on any atom is -0.0106 e. The molecule has 0 nitrogen and oxygen atoms in total. The molecule has 1 aliphatic carbocycles. The van der Waals surface area contributed by atoms with Crippen LogP contribution in [0.1, 0.15) is 23.6 Å². The molecule has 0 radical (unpaired) electrons. The summed E-state index contributed by atoms with van der Waals surface area (Å²) in [6, 6.07) is 11.1. The normalized spacial score (nSPS) is 18.8. The van der Waals surface area contributed by atoms with Crippen molar-refractivity contribution in [2.45, 2.75) is 20.3 Å². The van der Waals surface area contributed by atoms with Gasteiger partial charge in [-0.2, -0.15) is 0 Å². The Labute approximate surface area is 96.6 Å². The van der Waals surface area contributed by atoms with Crippen molar-refractivity contribution in [3.63, 3.8) is 0 Å². The molecule has 0 heterocycles. The lowest BCUT2D eigenvalue weighted by atomic mass is 9.87.